The van der Waals surface area contributed by atoms with Crippen molar-refractivity contribution in [2.45, 2.75) is 44.5 Å². The van der Waals surface area contributed by atoms with Gasteiger partial charge in [0.1, 0.15) is 17.6 Å². The van der Waals surface area contributed by atoms with E-state index in [1.54, 1.807) is 39.0 Å². The lowest BCUT2D eigenvalue weighted by atomic mass is 10.1. The number of pyridine rings is 1. The Labute approximate surface area is 231 Å². The number of ether oxygens (including phenoxy) is 4. The van der Waals surface area contributed by atoms with Crippen molar-refractivity contribution in [3.63, 3.8) is 0 Å². The van der Waals surface area contributed by atoms with Crippen molar-refractivity contribution in [2.24, 2.45) is 0 Å². The Morgan fingerprint density at radius 1 is 1.05 bits per heavy atom. The van der Waals surface area contributed by atoms with Gasteiger partial charge in [-0.1, -0.05) is 6.07 Å². The number of methoxy groups -OCH3 is 3. The molecule has 4 rings (SSSR count). The number of piperidine rings is 1. The summed E-state index contributed by atoms with van der Waals surface area (Å²) in [7, 11) is 0.180. The molecule has 40 heavy (non-hydrogen) atoms. The predicted octanol–water partition coefficient (Wildman–Crippen LogP) is 2.29. The Bertz CT molecular complexity index is 1450. The number of carbonyl (C=O) groups is 1. The number of nitrogens with zero attached hydrogens (tertiary/aromatic N) is 7. The minimum Gasteiger partial charge on any atom is -0.481 e. The fourth-order valence-corrected chi connectivity index (χ4v) is 5.52. The van der Waals surface area contributed by atoms with Gasteiger partial charge in [-0.25, -0.2) is 22.8 Å². The molecule has 1 saturated heterocycles. The van der Waals surface area contributed by atoms with E-state index >= 15 is 0 Å². The first-order valence-corrected chi connectivity index (χ1v) is 13.9. The highest BCUT2D eigenvalue weighted by molar-refractivity contribution is 7.93. The third-order valence-corrected chi connectivity index (χ3v) is 7.62. The average molecular weight is 577 g/mol. The van der Waals surface area contributed by atoms with Crippen LogP contribution in [0.25, 0.3) is 17.2 Å². The van der Waals surface area contributed by atoms with Gasteiger partial charge < -0.3 is 23.8 Å². The van der Waals surface area contributed by atoms with Crippen LogP contribution in [0.5, 0.6) is 17.6 Å². The van der Waals surface area contributed by atoms with Crippen molar-refractivity contribution in [2.75, 3.05) is 39.1 Å². The van der Waals surface area contributed by atoms with Crippen LogP contribution in [0.15, 0.2) is 24.5 Å². The molecule has 1 aliphatic heterocycles. The Hall–Kier alpha value is -4.21. The quantitative estimate of drug-likeness (QED) is 0.415. The van der Waals surface area contributed by atoms with Crippen molar-refractivity contribution < 1.29 is 32.2 Å². The van der Waals surface area contributed by atoms with Gasteiger partial charge in [-0.3, -0.25) is 4.72 Å². The molecule has 0 saturated carbocycles. The molecule has 3 aromatic heterocycles. The fraction of sp³-hybridized carbons (Fsp3) is 0.500. The summed E-state index contributed by atoms with van der Waals surface area (Å²) in [6.07, 6.45) is 1.48. The van der Waals surface area contributed by atoms with Crippen molar-refractivity contribution in [3.05, 3.63) is 24.5 Å². The van der Waals surface area contributed by atoms with E-state index in [2.05, 4.69) is 29.9 Å². The van der Waals surface area contributed by atoms with E-state index in [9.17, 15) is 13.2 Å². The van der Waals surface area contributed by atoms with Crippen LogP contribution in [0, 0.1) is 0 Å². The zero-order chi connectivity index (χ0) is 29.1. The molecule has 0 bridgehead atoms. The van der Waals surface area contributed by atoms with Gasteiger partial charge in [0.25, 0.3) is 0 Å². The second-order valence-electron chi connectivity index (χ2n) is 9.83. The molecule has 16 heteroatoms. The van der Waals surface area contributed by atoms with Gasteiger partial charge in [0.15, 0.2) is 11.5 Å². The van der Waals surface area contributed by atoms with E-state index in [0.717, 1.165) is 0 Å². The maximum Gasteiger partial charge on any atom is 0.410 e. The number of likely N-dealkylation sites (tertiary alicyclic amines) is 1. The first kappa shape index (κ1) is 28.8. The van der Waals surface area contributed by atoms with E-state index < -0.39 is 27.0 Å². The summed E-state index contributed by atoms with van der Waals surface area (Å²) in [5, 5.41) is 7.41. The summed E-state index contributed by atoms with van der Waals surface area (Å²) in [5.74, 6) is 0.416. The van der Waals surface area contributed by atoms with Gasteiger partial charge in [-0.2, -0.15) is 9.97 Å². The molecule has 3 aromatic rings. The molecule has 15 nitrogen and oxygen atoms in total. The summed E-state index contributed by atoms with van der Waals surface area (Å²) >= 11 is 0. The number of rotatable bonds is 8. The minimum absolute atomic E-state index is 0.0518. The molecule has 0 aromatic carbocycles. The lowest BCUT2D eigenvalue weighted by Crippen LogP contribution is -2.48. The van der Waals surface area contributed by atoms with Gasteiger partial charge in [0, 0.05) is 19.2 Å². The van der Waals surface area contributed by atoms with Gasteiger partial charge in [-0.05, 0) is 39.7 Å². The van der Waals surface area contributed by atoms with Gasteiger partial charge in [0.2, 0.25) is 33.6 Å². The SMILES string of the molecule is COc1cccc(-c2nnc(NS(=O)(=O)[C@H]3CCCN(C(=O)OC(C)(C)C)C3)n2-c2c(OC)ncnc2OC)n1. The molecule has 1 amide bonds. The topological polar surface area (TPSA) is 173 Å². The Balaban J connectivity index is 1.76. The summed E-state index contributed by atoms with van der Waals surface area (Å²) in [5.41, 5.74) is -0.245. The number of hydrogen-bond donors (Lipinski definition) is 1. The van der Waals surface area contributed by atoms with E-state index in [1.165, 1.54) is 37.1 Å². The summed E-state index contributed by atoms with van der Waals surface area (Å²) < 4.78 is 52.8. The first-order valence-electron chi connectivity index (χ1n) is 12.4. The molecule has 0 spiro atoms. The van der Waals surface area contributed by atoms with Crippen molar-refractivity contribution in [1.82, 2.24) is 34.6 Å². The van der Waals surface area contributed by atoms with Crippen LogP contribution in [0.3, 0.4) is 0 Å². The van der Waals surface area contributed by atoms with E-state index in [4.69, 9.17) is 18.9 Å². The summed E-state index contributed by atoms with van der Waals surface area (Å²) in [6.45, 7) is 5.59. The van der Waals surface area contributed by atoms with E-state index in [1.807, 2.05) is 0 Å². The lowest BCUT2D eigenvalue weighted by Gasteiger charge is -2.33. The third-order valence-electron chi connectivity index (χ3n) is 5.89. The highest BCUT2D eigenvalue weighted by Gasteiger charge is 2.36. The van der Waals surface area contributed by atoms with Crippen LogP contribution in [0.1, 0.15) is 33.6 Å². The smallest absolute Gasteiger partial charge is 0.410 e. The number of amides is 1. The van der Waals surface area contributed by atoms with Crippen molar-refractivity contribution in [3.8, 4) is 34.8 Å². The van der Waals surface area contributed by atoms with Crippen LogP contribution in [0.4, 0.5) is 10.7 Å². The van der Waals surface area contributed by atoms with Crippen LogP contribution in [-0.4, -0.2) is 94.4 Å². The van der Waals surface area contributed by atoms with Crippen LogP contribution < -0.4 is 18.9 Å². The first-order chi connectivity index (χ1) is 19.0. The largest absolute Gasteiger partial charge is 0.481 e. The number of aromatic nitrogens is 6. The number of nitrogens with one attached hydrogen (secondary N) is 1. The van der Waals surface area contributed by atoms with Gasteiger partial charge in [0.05, 0.1) is 26.6 Å². The molecule has 1 N–H and O–H groups in total. The lowest BCUT2D eigenvalue weighted by molar-refractivity contribution is 0.0219. The molecule has 1 fully saturated rings. The average Bonchev–Trinajstić information content (AvgIpc) is 3.33. The van der Waals surface area contributed by atoms with Crippen molar-refractivity contribution in [1.29, 1.82) is 0 Å². The third kappa shape index (κ3) is 6.16. The number of hydrogen-bond acceptors (Lipinski definition) is 12. The molecule has 0 aliphatic carbocycles. The number of anilines is 1. The monoisotopic (exact) mass is 576 g/mol. The Morgan fingerprint density at radius 2 is 1.75 bits per heavy atom. The minimum atomic E-state index is -4.09. The van der Waals surface area contributed by atoms with Crippen LogP contribution in [-0.2, 0) is 14.8 Å². The molecular weight excluding hydrogens is 544 g/mol. The molecular formula is C24H32N8O7S. The molecule has 0 radical (unpaired) electrons. The number of sulfonamides is 1. The molecule has 1 aliphatic rings. The zero-order valence-electron chi connectivity index (χ0n) is 23.1. The number of carbonyl (C=O) groups excluding carboxylic acids is 1. The summed E-state index contributed by atoms with van der Waals surface area (Å²) in [6, 6.07) is 5.01. The fourth-order valence-electron chi connectivity index (χ4n) is 4.11. The van der Waals surface area contributed by atoms with Crippen LogP contribution >= 0.6 is 0 Å². The van der Waals surface area contributed by atoms with Gasteiger partial charge in [-0.15, -0.1) is 10.2 Å². The van der Waals surface area contributed by atoms with Gasteiger partial charge >= 0.3 is 6.09 Å². The summed E-state index contributed by atoms with van der Waals surface area (Å²) in [4.78, 5) is 26.7. The Morgan fingerprint density at radius 3 is 2.38 bits per heavy atom. The van der Waals surface area contributed by atoms with E-state index in [0.29, 0.717) is 31.0 Å². The van der Waals surface area contributed by atoms with E-state index in [-0.39, 0.29) is 35.8 Å². The standard InChI is InChI=1S/C24H32N8O7S/c1-24(2,3)39-23(33)31-12-8-9-15(13-31)40(34,35)30-22-29-28-19(16-10-7-11-17(27-16)36-4)32(22)18-20(37-5)25-14-26-21(18)38-6/h7,10-11,14-15H,8-9,12-13H2,1-6H3,(H,29,30)/t15-/m0/s1. The molecule has 0 unspecified atom stereocenters. The second kappa shape index (κ2) is 11.5. The van der Waals surface area contributed by atoms with Crippen molar-refractivity contribution >= 4 is 22.1 Å². The molecule has 4 heterocycles. The Kier molecular flexibility index (Phi) is 8.27. The second-order valence-corrected chi connectivity index (χ2v) is 11.8. The maximum absolute atomic E-state index is 13.6. The maximum atomic E-state index is 13.6. The molecule has 216 valence electrons. The normalized spacial score (nSPS) is 15.8. The highest BCUT2D eigenvalue weighted by atomic mass is 32.2. The predicted molar refractivity (Wildman–Crippen MR) is 143 cm³/mol. The zero-order valence-corrected chi connectivity index (χ0v) is 23.9. The molecule has 1 atom stereocenters. The highest BCUT2D eigenvalue weighted by Crippen LogP contribution is 2.35. The van der Waals surface area contributed by atoms with Crippen LogP contribution in [0.2, 0.25) is 0 Å².